The van der Waals surface area contributed by atoms with E-state index in [1.54, 1.807) is 0 Å². The number of esters is 1. The van der Waals surface area contributed by atoms with Crippen molar-refractivity contribution in [3.63, 3.8) is 0 Å². The summed E-state index contributed by atoms with van der Waals surface area (Å²) in [4.78, 5) is 22.5. The van der Waals surface area contributed by atoms with E-state index in [1.165, 1.54) is 193 Å². The molecule has 54 heavy (non-hydrogen) atoms. The summed E-state index contributed by atoms with van der Waals surface area (Å²) in [5.41, 5.74) is 5.37. The second-order valence-corrected chi connectivity index (χ2v) is 17.4. The molecule has 0 saturated heterocycles. The van der Waals surface area contributed by atoms with Crippen LogP contribution in [0.25, 0.3) is 0 Å². The van der Waals surface area contributed by atoms with Gasteiger partial charge in [0, 0.05) is 19.6 Å². The lowest BCUT2D eigenvalue weighted by Crippen LogP contribution is -2.28. The normalized spacial score (nSPS) is 13.3. The fourth-order valence-corrected chi connectivity index (χ4v) is 7.82. The van der Waals surface area contributed by atoms with Gasteiger partial charge in [-0.05, 0) is 12.8 Å². The second-order valence-electron chi connectivity index (χ2n) is 16.0. The van der Waals surface area contributed by atoms with Gasteiger partial charge < -0.3 is 20.1 Å². The third-order valence-corrected chi connectivity index (χ3v) is 11.5. The molecule has 0 bridgehead atoms. The Hall–Kier alpha value is -0.500. The molecule has 0 aromatic heterocycles. The smallest absolute Gasteiger partial charge is 0.457 e. The summed E-state index contributed by atoms with van der Waals surface area (Å²) in [7, 11) is -4.27. The SMILES string of the molecule is CCCCCCCCCCCCCCCCCCCCCCCCCOCC(COP(=O)(O)OCCN)OC(=O)CCCCCCCCCCCCCC. The summed E-state index contributed by atoms with van der Waals surface area (Å²) in [6, 6.07) is 0. The van der Waals surface area contributed by atoms with Crippen LogP contribution in [0.15, 0.2) is 0 Å². The molecule has 0 aromatic rings. The molecule has 0 rings (SSSR count). The first kappa shape index (κ1) is 53.5. The maximum absolute atomic E-state index is 12.6. The first-order valence-electron chi connectivity index (χ1n) is 23.5. The molecule has 0 amide bonds. The number of phosphoric acid groups is 1. The molecule has 9 heteroatoms. The Bertz CT molecular complexity index is 802. The number of phosphoric ester groups is 1. The van der Waals surface area contributed by atoms with Crippen molar-refractivity contribution in [2.24, 2.45) is 5.73 Å². The molecule has 0 radical (unpaired) electrons. The minimum Gasteiger partial charge on any atom is -0.457 e. The average Bonchev–Trinajstić information content (AvgIpc) is 3.16. The van der Waals surface area contributed by atoms with Crippen LogP contribution in [0.2, 0.25) is 0 Å². The maximum atomic E-state index is 12.6. The van der Waals surface area contributed by atoms with Gasteiger partial charge in [-0.25, -0.2) is 4.57 Å². The quantitative estimate of drug-likeness (QED) is 0.0356. The number of hydrogen-bond acceptors (Lipinski definition) is 7. The first-order valence-corrected chi connectivity index (χ1v) is 25.0. The Balaban J connectivity index is 3.85. The summed E-state index contributed by atoms with van der Waals surface area (Å²) < 4.78 is 33.5. The van der Waals surface area contributed by atoms with Gasteiger partial charge in [-0.15, -0.1) is 0 Å². The molecule has 0 aliphatic carbocycles. The molecule has 324 valence electrons. The van der Waals surface area contributed by atoms with Gasteiger partial charge in [-0.3, -0.25) is 13.8 Å². The molecule has 0 aromatic carbocycles. The number of carbonyl (C=O) groups excluding carboxylic acids is 1. The van der Waals surface area contributed by atoms with Crippen LogP contribution in [0.5, 0.6) is 0 Å². The van der Waals surface area contributed by atoms with Crippen LogP contribution in [-0.4, -0.2) is 49.9 Å². The van der Waals surface area contributed by atoms with Crippen LogP contribution in [0.3, 0.4) is 0 Å². The number of hydrogen-bond donors (Lipinski definition) is 2. The molecule has 3 N–H and O–H groups in total. The van der Waals surface area contributed by atoms with Crippen LogP contribution in [0.4, 0.5) is 0 Å². The van der Waals surface area contributed by atoms with Gasteiger partial charge in [0.15, 0.2) is 0 Å². The minimum atomic E-state index is -4.27. The van der Waals surface area contributed by atoms with Crippen LogP contribution >= 0.6 is 7.82 Å². The zero-order chi connectivity index (χ0) is 39.5. The molecule has 0 aliphatic heterocycles. The van der Waals surface area contributed by atoms with Crippen molar-refractivity contribution in [3.8, 4) is 0 Å². The predicted octanol–water partition coefficient (Wildman–Crippen LogP) is 14.1. The van der Waals surface area contributed by atoms with Gasteiger partial charge in [0.2, 0.25) is 0 Å². The Morgan fingerprint density at radius 3 is 1.17 bits per heavy atom. The lowest BCUT2D eigenvalue weighted by Gasteiger charge is -2.20. The minimum absolute atomic E-state index is 0.0901. The van der Waals surface area contributed by atoms with Crippen LogP contribution in [-0.2, 0) is 27.9 Å². The summed E-state index contributed by atoms with van der Waals surface area (Å²) in [6.45, 7) is 4.98. The lowest BCUT2D eigenvalue weighted by molar-refractivity contribution is -0.154. The standard InChI is InChI=1S/C45H92NO7P/c1-3-5-7-9-11-13-15-17-18-19-20-21-22-23-24-25-26-27-29-31-33-35-37-40-50-42-44(43-52-54(48,49)51-41-39-46)53-45(47)38-36-34-32-30-28-16-14-12-10-8-6-4-2/h44H,3-43,46H2,1-2H3,(H,48,49). The molecule has 0 fully saturated rings. The fraction of sp³-hybridized carbons (Fsp3) is 0.978. The van der Waals surface area contributed by atoms with Crippen LogP contribution < -0.4 is 5.73 Å². The van der Waals surface area contributed by atoms with E-state index >= 15 is 0 Å². The Morgan fingerprint density at radius 2 is 0.815 bits per heavy atom. The van der Waals surface area contributed by atoms with Gasteiger partial charge >= 0.3 is 13.8 Å². The number of rotatable bonds is 46. The van der Waals surface area contributed by atoms with Crippen molar-refractivity contribution in [1.29, 1.82) is 0 Å². The summed E-state index contributed by atoms with van der Waals surface area (Å²) in [5, 5.41) is 0. The zero-order valence-corrected chi connectivity index (χ0v) is 36.9. The highest BCUT2D eigenvalue weighted by Crippen LogP contribution is 2.43. The van der Waals surface area contributed by atoms with Gasteiger partial charge in [-0.1, -0.05) is 226 Å². The summed E-state index contributed by atoms with van der Waals surface area (Å²) in [6.07, 6.45) is 45.6. The predicted molar refractivity (Wildman–Crippen MR) is 229 cm³/mol. The van der Waals surface area contributed by atoms with E-state index in [-0.39, 0.29) is 32.3 Å². The Kier molecular flexibility index (Phi) is 43.2. The van der Waals surface area contributed by atoms with Crippen LogP contribution in [0.1, 0.15) is 245 Å². The number of ether oxygens (including phenoxy) is 2. The number of unbranched alkanes of at least 4 members (excludes halogenated alkanes) is 33. The summed E-state index contributed by atoms with van der Waals surface area (Å²) in [5.74, 6) is -0.325. The van der Waals surface area contributed by atoms with E-state index < -0.39 is 13.9 Å². The number of nitrogens with two attached hydrogens (primary N) is 1. The molecule has 0 saturated carbocycles. The highest BCUT2D eigenvalue weighted by Gasteiger charge is 2.25. The van der Waals surface area contributed by atoms with Crippen molar-refractivity contribution in [1.82, 2.24) is 0 Å². The van der Waals surface area contributed by atoms with E-state index in [0.717, 1.165) is 32.1 Å². The first-order chi connectivity index (χ1) is 26.4. The van der Waals surface area contributed by atoms with E-state index in [0.29, 0.717) is 13.0 Å². The molecule has 0 heterocycles. The largest absolute Gasteiger partial charge is 0.472 e. The molecular weight excluding hydrogens is 697 g/mol. The summed E-state index contributed by atoms with van der Waals surface area (Å²) >= 11 is 0. The van der Waals surface area contributed by atoms with Crippen molar-refractivity contribution in [3.05, 3.63) is 0 Å². The molecular formula is C45H92NO7P. The van der Waals surface area contributed by atoms with E-state index in [9.17, 15) is 14.3 Å². The topological polar surface area (TPSA) is 117 Å². The number of carbonyl (C=O) groups is 1. The van der Waals surface area contributed by atoms with E-state index in [2.05, 4.69) is 13.8 Å². The third kappa shape index (κ3) is 42.6. The lowest BCUT2D eigenvalue weighted by atomic mass is 10.0. The van der Waals surface area contributed by atoms with Crippen LogP contribution in [0, 0.1) is 0 Å². The zero-order valence-electron chi connectivity index (χ0n) is 36.0. The molecule has 0 aliphatic rings. The molecule has 8 nitrogen and oxygen atoms in total. The fourth-order valence-electron chi connectivity index (χ4n) is 7.06. The van der Waals surface area contributed by atoms with E-state index in [1.807, 2.05) is 0 Å². The Morgan fingerprint density at radius 1 is 0.481 bits per heavy atom. The van der Waals surface area contributed by atoms with Crippen molar-refractivity contribution < 1.29 is 32.8 Å². The monoisotopic (exact) mass is 790 g/mol. The van der Waals surface area contributed by atoms with Gasteiger partial charge in [-0.2, -0.15) is 0 Å². The van der Waals surface area contributed by atoms with Gasteiger partial charge in [0.1, 0.15) is 6.10 Å². The van der Waals surface area contributed by atoms with Crippen molar-refractivity contribution in [2.45, 2.75) is 251 Å². The molecule has 2 unspecified atom stereocenters. The molecule has 2 atom stereocenters. The van der Waals surface area contributed by atoms with Gasteiger partial charge in [0.05, 0.1) is 19.8 Å². The third-order valence-electron chi connectivity index (χ3n) is 10.5. The van der Waals surface area contributed by atoms with Crippen molar-refractivity contribution in [2.75, 3.05) is 33.0 Å². The Labute approximate surface area is 335 Å². The van der Waals surface area contributed by atoms with Gasteiger partial charge in [0.25, 0.3) is 0 Å². The maximum Gasteiger partial charge on any atom is 0.472 e. The molecule has 0 spiro atoms. The highest BCUT2D eigenvalue weighted by molar-refractivity contribution is 7.47. The highest BCUT2D eigenvalue weighted by atomic mass is 31.2. The van der Waals surface area contributed by atoms with E-state index in [4.69, 9.17) is 24.3 Å². The second kappa shape index (κ2) is 43.6. The van der Waals surface area contributed by atoms with Crippen molar-refractivity contribution >= 4 is 13.8 Å². The average molecular weight is 790 g/mol.